The van der Waals surface area contributed by atoms with Crippen LogP contribution in [-0.2, 0) is 9.59 Å². The topological polar surface area (TPSA) is 73.2 Å². The number of nitriles is 1. The summed E-state index contributed by atoms with van der Waals surface area (Å²) in [6.07, 6.45) is 0. The number of nitrogens with one attached hydrogen (secondary N) is 1. The van der Waals surface area contributed by atoms with Crippen LogP contribution in [0.1, 0.15) is 22.3 Å². The van der Waals surface area contributed by atoms with E-state index in [4.69, 9.17) is 5.26 Å². The minimum Gasteiger partial charge on any atom is -0.350 e. The second kappa shape index (κ2) is 8.34. The number of nitrogens with zero attached hydrogens (tertiary/aromatic N) is 2. The van der Waals surface area contributed by atoms with E-state index in [1.54, 1.807) is 24.3 Å². The van der Waals surface area contributed by atoms with Crippen LogP contribution in [0.3, 0.4) is 0 Å². The van der Waals surface area contributed by atoms with E-state index >= 15 is 0 Å². The van der Waals surface area contributed by atoms with Gasteiger partial charge in [-0.1, -0.05) is 60.2 Å². The van der Waals surface area contributed by atoms with E-state index in [-0.39, 0.29) is 5.70 Å². The lowest BCUT2D eigenvalue weighted by atomic mass is 9.97. The first-order valence-electron chi connectivity index (χ1n) is 10.9. The quantitative estimate of drug-likeness (QED) is 0.409. The van der Waals surface area contributed by atoms with Gasteiger partial charge in [-0.3, -0.25) is 9.59 Å². The van der Waals surface area contributed by atoms with E-state index in [9.17, 15) is 9.59 Å². The summed E-state index contributed by atoms with van der Waals surface area (Å²) in [4.78, 5) is 28.6. The smallest absolute Gasteiger partial charge is 0.282 e. The standard InChI is InChI=1S/C29H21N3O2/c1-18-10-15-23(19(2)16-18)26-27(31-25-9-5-7-21-6-3-4-8-24(21)25)29(34)32(28(26)33)22-13-11-20(17-30)12-14-22/h3-16,31H,1-2H3. The largest absolute Gasteiger partial charge is 0.350 e. The molecule has 0 spiro atoms. The fourth-order valence-corrected chi connectivity index (χ4v) is 4.38. The average molecular weight is 444 g/mol. The van der Waals surface area contributed by atoms with Gasteiger partial charge in [-0.15, -0.1) is 0 Å². The van der Waals surface area contributed by atoms with Gasteiger partial charge in [0.25, 0.3) is 11.8 Å². The van der Waals surface area contributed by atoms with E-state index in [1.165, 1.54) is 4.90 Å². The summed E-state index contributed by atoms with van der Waals surface area (Å²) >= 11 is 0. The van der Waals surface area contributed by atoms with Crippen LogP contribution in [0.15, 0.2) is 90.6 Å². The Labute approximate surface area is 197 Å². The van der Waals surface area contributed by atoms with Crippen LogP contribution in [-0.4, -0.2) is 11.8 Å². The van der Waals surface area contributed by atoms with E-state index in [0.717, 1.165) is 27.6 Å². The van der Waals surface area contributed by atoms with Crippen LogP contribution < -0.4 is 10.2 Å². The molecule has 1 N–H and O–H groups in total. The fraction of sp³-hybridized carbons (Fsp3) is 0.0690. The first-order chi connectivity index (χ1) is 16.5. The third-order valence-corrected chi connectivity index (χ3v) is 6.04. The molecule has 5 heteroatoms. The van der Waals surface area contributed by atoms with Crippen LogP contribution >= 0.6 is 0 Å². The number of carbonyl (C=O) groups excluding carboxylic acids is 2. The molecule has 2 amide bonds. The highest BCUT2D eigenvalue weighted by atomic mass is 16.2. The summed E-state index contributed by atoms with van der Waals surface area (Å²) in [7, 11) is 0. The lowest BCUT2D eigenvalue weighted by molar-refractivity contribution is -0.120. The summed E-state index contributed by atoms with van der Waals surface area (Å²) in [5, 5.41) is 14.4. The Hall–Kier alpha value is -4.69. The molecular formula is C29H21N3O2. The average Bonchev–Trinajstić information content (AvgIpc) is 3.08. The summed E-state index contributed by atoms with van der Waals surface area (Å²) in [5.74, 6) is -0.831. The molecule has 0 radical (unpaired) electrons. The maximum Gasteiger partial charge on any atom is 0.282 e. The molecule has 0 atom stereocenters. The van der Waals surface area contributed by atoms with Crippen LogP contribution in [0.2, 0.25) is 0 Å². The Morgan fingerprint density at radius 3 is 2.29 bits per heavy atom. The molecule has 0 unspecified atom stereocenters. The van der Waals surface area contributed by atoms with Crippen molar-refractivity contribution in [2.24, 2.45) is 0 Å². The number of fused-ring (bicyclic) bond motifs is 1. The molecule has 34 heavy (non-hydrogen) atoms. The maximum atomic E-state index is 13.7. The minimum atomic E-state index is -0.433. The van der Waals surface area contributed by atoms with Gasteiger partial charge in [-0.2, -0.15) is 5.26 Å². The lowest BCUT2D eigenvalue weighted by Crippen LogP contribution is -2.32. The highest BCUT2D eigenvalue weighted by molar-refractivity contribution is 6.46. The highest BCUT2D eigenvalue weighted by Crippen LogP contribution is 2.36. The predicted molar refractivity (Wildman–Crippen MR) is 134 cm³/mol. The number of hydrogen-bond donors (Lipinski definition) is 1. The van der Waals surface area contributed by atoms with E-state index in [1.807, 2.05) is 74.5 Å². The van der Waals surface area contributed by atoms with Gasteiger partial charge < -0.3 is 5.32 Å². The number of amides is 2. The number of hydrogen-bond acceptors (Lipinski definition) is 4. The second-order valence-electron chi connectivity index (χ2n) is 8.32. The number of carbonyl (C=O) groups is 2. The van der Waals surface area contributed by atoms with Crippen molar-refractivity contribution in [1.29, 1.82) is 5.26 Å². The SMILES string of the molecule is Cc1ccc(C2=C(Nc3cccc4ccccc34)C(=O)N(c3ccc(C#N)cc3)C2=O)c(C)c1. The van der Waals surface area contributed by atoms with Gasteiger partial charge in [-0.05, 0) is 60.7 Å². The van der Waals surface area contributed by atoms with Crippen molar-refractivity contribution in [2.45, 2.75) is 13.8 Å². The van der Waals surface area contributed by atoms with Gasteiger partial charge in [0.15, 0.2) is 0 Å². The molecule has 5 nitrogen and oxygen atoms in total. The molecule has 4 aromatic rings. The van der Waals surface area contributed by atoms with Gasteiger partial charge >= 0.3 is 0 Å². The molecule has 1 aliphatic rings. The second-order valence-corrected chi connectivity index (χ2v) is 8.32. The van der Waals surface area contributed by atoms with Gasteiger partial charge in [-0.25, -0.2) is 4.90 Å². The van der Waals surface area contributed by atoms with E-state index < -0.39 is 11.8 Å². The van der Waals surface area contributed by atoms with Crippen molar-refractivity contribution in [1.82, 2.24) is 0 Å². The van der Waals surface area contributed by atoms with Crippen molar-refractivity contribution in [3.63, 3.8) is 0 Å². The zero-order valence-corrected chi connectivity index (χ0v) is 18.8. The summed E-state index contributed by atoms with van der Waals surface area (Å²) in [6.45, 7) is 3.93. The third kappa shape index (κ3) is 3.52. The Morgan fingerprint density at radius 2 is 1.56 bits per heavy atom. The predicted octanol–water partition coefficient (Wildman–Crippen LogP) is 5.72. The number of imide groups is 1. The normalized spacial score (nSPS) is 13.5. The van der Waals surface area contributed by atoms with Crippen molar-refractivity contribution >= 4 is 39.5 Å². The van der Waals surface area contributed by atoms with Gasteiger partial charge in [0, 0.05) is 11.1 Å². The summed E-state index contributed by atoms with van der Waals surface area (Å²) < 4.78 is 0. The summed E-state index contributed by atoms with van der Waals surface area (Å²) in [5.41, 5.74) is 4.89. The molecule has 4 aromatic carbocycles. The molecule has 0 saturated carbocycles. The van der Waals surface area contributed by atoms with Crippen molar-refractivity contribution in [2.75, 3.05) is 10.2 Å². The maximum absolute atomic E-state index is 13.7. The molecule has 164 valence electrons. The van der Waals surface area contributed by atoms with E-state index in [2.05, 4.69) is 11.4 Å². The van der Waals surface area contributed by atoms with Gasteiger partial charge in [0.2, 0.25) is 0 Å². The molecule has 1 heterocycles. The van der Waals surface area contributed by atoms with Crippen molar-refractivity contribution in [3.05, 3.63) is 113 Å². The van der Waals surface area contributed by atoms with Crippen molar-refractivity contribution < 1.29 is 9.59 Å². The minimum absolute atomic E-state index is 0.234. The molecule has 5 rings (SSSR count). The Bertz CT molecular complexity index is 1540. The zero-order chi connectivity index (χ0) is 23.8. The fourth-order valence-electron chi connectivity index (χ4n) is 4.38. The molecule has 0 aliphatic carbocycles. The Balaban J connectivity index is 1.67. The van der Waals surface area contributed by atoms with Crippen LogP contribution in [0.5, 0.6) is 0 Å². The zero-order valence-electron chi connectivity index (χ0n) is 18.8. The Kier molecular flexibility index (Phi) is 5.19. The van der Waals surface area contributed by atoms with Crippen LogP contribution in [0, 0.1) is 25.2 Å². The van der Waals surface area contributed by atoms with Gasteiger partial charge in [0.05, 0.1) is 22.9 Å². The molecular weight excluding hydrogens is 422 g/mol. The third-order valence-electron chi connectivity index (χ3n) is 6.04. The number of anilines is 2. The summed E-state index contributed by atoms with van der Waals surface area (Å²) in [6, 6.07) is 28.0. The van der Waals surface area contributed by atoms with Crippen LogP contribution in [0.4, 0.5) is 11.4 Å². The molecule has 0 bridgehead atoms. The van der Waals surface area contributed by atoms with Crippen molar-refractivity contribution in [3.8, 4) is 6.07 Å². The number of benzene rings is 4. The first-order valence-corrected chi connectivity index (χ1v) is 10.9. The monoisotopic (exact) mass is 443 g/mol. The molecule has 0 aromatic heterocycles. The highest BCUT2D eigenvalue weighted by Gasteiger charge is 2.40. The lowest BCUT2D eigenvalue weighted by Gasteiger charge is -2.16. The van der Waals surface area contributed by atoms with Gasteiger partial charge in [0.1, 0.15) is 5.70 Å². The number of rotatable bonds is 4. The number of aryl methyl sites for hydroxylation is 2. The Morgan fingerprint density at radius 1 is 0.824 bits per heavy atom. The molecule has 1 aliphatic heterocycles. The van der Waals surface area contributed by atoms with Crippen LogP contribution in [0.25, 0.3) is 16.3 Å². The molecule has 0 fully saturated rings. The van der Waals surface area contributed by atoms with E-state index in [0.29, 0.717) is 22.4 Å². The molecule has 0 saturated heterocycles. The first kappa shape index (κ1) is 21.2.